The van der Waals surface area contributed by atoms with Gasteiger partial charge in [0.2, 0.25) is 0 Å². The minimum Gasteiger partial charge on any atom is -0.494 e. The molecular weight excluding hydrogens is 394 g/mol. The summed E-state index contributed by atoms with van der Waals surface area (Å²) in [5, 5.41) is 17.3. The van der Waals surface area contributed by atoms with E-state index in [0.717, 1.165) is 57.1 Å². The molecule has 2 rings (SSSR count). The molecule has 0 spiro atoms. The highest BCUT2D eigenvalue weighted by molar-refractivity contribution is 5.79. The Balaban J connectivity index is 1.80. The summed E-state index contributed by atoms with van der Waals surface area (Å²) in [7, 11) is 4.13. The van der Waals surface area contributed by atoms with E-state index in [-0.39, 0.29) is 0 Å². The van der Waals surface area contributed by atoms with Gasteiger partial charge in [-0.2, -0.15) is 0 Å². The standard InChI is InChI=1S/C23H41N5O3/c1-5-24-22(26-18-23(2,29)19-28-12-15-30-16-13-28)25-17-20-7-9-21(10-8-20)31-14-6-11-27(3)4/h7-10,29H,5-6,11-19H2,1-4H3,(H2,24,25,26). The number of nitrogens with one attached hydrogen (secondary N) is 2. The summed E-state index contributed by atoms with van der Waals surface area (Å²) in [5.41, 5.74) is 0.261. The average Bonchev–Trinajstić information content (AvgIpc) is 2.74. The zero-order chi connectivity index (χ0) is 22.5. The Labute approximate surface area is 187 Å². The fourth-order valence-electron chi connectivity index (χ4n) is 3.35. The van der Waals surface area contributed by atoms with E-state index in [0.29, 0.717) is 32.2 Å². The number of hydrogen-bond donors (Lipinski definition) is 3. The van der Waals surface area contributed by atoms with Gasteiger partial charge in [-0.25, -0.2) is 4.99 Å². The van der Waals surface area contributed by atoms with Crippen molar-refractivity contribution in [3.63, 3.8) is 0 Å². The highest BCUT2D eigenvalue weighted by Crippen LogP contribution is 2.13. The van der Waals surface area contributed by atoms with Crippen molar-refractivity contribution in [1.29, 1.82) is 0 Å². The van der Waals surface area contributed by atoms with Gasteiger partial charge in [-0.3, -0.25) is 4.90 Å². The highest BCUT2D eigenvalue weighted by Gasteiger charge is 2.25. The monoisotopic (exact) mass is 435 g/mol. The van der Waals surface area contributed by atoms with E-state index < -0.39 is 5.60 Å². The lowest BCUT2D eigenvalue weighted by Crippen LogP contribution is -2.52. The lowest BCUT2D eigenvalue weighted by Gasteiger charge is -2.34. The Morgan fingerprint density at radius 2 is 1.94 bits per heavy atom. The van der Waals surface area contributed by atoms with Crippen molar-refractivity contribution in [3.8, 4) is 5.75 Å². The Kier molecular flexibility index (Phi) is 11.1. The summed E-state index contributed by atoms with van der Waals surface area (Å²) < 4.78 is 11.2. The molecule has 1 fully saturated rings. The van der Waals surface area contributed by atoms with Gasteiger partial charge in [0.15, 0.2) is 5.96 Å². The molecule has 1 atom stereocenters. The highest BCUT2D eigenvalue weighted by atomic mass is 16.5. The Morgan fingerprint density at radius 3 is 2.58 bits per heavy atom. The minimum absolute atomic E-state index is 0.427. The SMILES string of the molecule is CCNC(=NCc1ccc(OCCCN(C)C)cc1)NCC(C)(O)CN1CCOCC1. The van der Waals surface area contributed by atoms with Gasteiger partial charge in [-0.15, -0.1) is 0 Å². The number of guanidine groups is 1. The van der Waals surface area contributed by atoms with Crippen LogP contribution in [0.4, 0.5) is 0 Å². The molecule has 1 aromatic carbocycles. The van der Waals surface area contributed by atoms with Gasteiger partial charge >= 0.3 is 0 Å². The first-order valence-electron chi connectivity index (χ1n) is 11.3. The molecule has 8 nitrogen and oxygen atoms in total. The van der Waals surface area contributed by atoms with E-state index >= 15 is 0 Å². The average molecular weight is 436 g/mol. The first-order valence-corrected chi connectivity index (χ1v) is 11.3. The summed E-state index contributed by atoms with van der Waals surface area (Å²) in [4.78, 5) is 9.05. The van der Waals surface area contributed by atoms with E-state index in [4.69, 9.17) is 9.47 Å². The molecule has 0 radical (unpaired) electrons. The summed E-state index contributed by atoms with van der Waals surface area (Å²) in [6.45, 7) is 11.2. The van der Waals surface area contributed by atoms with Crippen LogP contribution in [-0.4, -0.2) is 99.7 Å². The van der Waals surface area contributed by atoms with E-state index in [1.54, 1.807) is 0 Å². The van der Waals surface area contributed by atoms with Crippen LogP contribution in [0, 0.1) is 0 Å². The molecule has 0 bridgehead atoms. The van der Waals surface area contributed by atoms with E-state index in [2.05, 4.69) is 39.5 Å². The molecule has 1 aliphatic heterocycles. The first kappa shape index (κ1) is 25.4. The number of rotatable bonds is 12. The minimum atomic E-state index is -0.848. The zero-order valence-electron chi connectivity index (χ0n) is 19.7. The van der Waals surface area contributed by atoms with Crippen LogP contribution in [0.25, 0.3) is 0 Å². The first-order chi connectivity index (χ1) is 14.9. The van der Waals surface area contributed by atoms with Crippen LogP contribution < -0.4 is 15.4 Å². The van der Waals surface area contributed by atoms with Crippen molar-refractivity contribution in [1.82, 2.24) is 20.4 Å². The molecule has 1 heterocycles. The van der Waals surface area contributed by atoms with Crippen molar-refractivity contribution in [2.75, 3.05) is 73.2 Å². The molecule has 0 amide bonds. The van der Waals surface area contributed by atoms with E-state index in [1.807, 2.05) is 38.1 Å². The van der Waals surface area contributed by atoms with Gasteiger partial charge in [0, 0.05) is 39.3 Å². The second-order valence-electron chi connectivity index (χ2n) is 8.58. The normalized spacial score (nSPS) is 17.4. The van der Waals surface area contributed by atoms with Gasteiger partial charge in [-0.1, -0.05) is 12.1 Å². The predicted octanol–water partition coefficient (Wildman–Crippen LogP) is 1.16. The van der Waals surface area contributed by atoms with Crippen LogP contribution in [0.15, 0.2) is 29.3 Å². The lowest BCUT2D eigenvalue weighted by atomic mass is 10.1. The lowest BCUT2D eigenvalue weighted by molar-refractivity contribution is -0.0201. The molecule has 1 aromatic rings. The van der Waals surface area contributed by atoms with Gasteiger partial charge in [0.25, 0.3) is 0 Å². The summed E-state index contributed by atoms with van der Waals surface area (Å²) in [6.07, 6.45) is 1.01. The summed E-state index contributed by atoms with van der Waals surface area (Å²) in [6, 6.07) is 8.08. The summed E-state index contributed by atoms with van der Waals surface area (Å²) in [5.74, 6) is 1.59. The van der Waals surface area contributed by atoms with Crippen molar-refractivity contribution in [2.24, 2.45) is 4.99 Å². The van der Waals surface area contributed by atoms with Crippen LogP contribution in [0.5, 0.6) is 5.75 Å². The van der Waals surface area contributed by atoms with Crippen LogP contribution >= 0.6 is 0 Å². The number of ether oxygens (including phenoxy) is 2. The van der Waals surface area contributed by atoms with Crippen LogP contribution in [-0.2, 0) is 11.3 Å². The van der Waals surface area contributed by atoms with Gasteiger partial charge in [-0.05, 0) is 52.1 Å². The van der Waals surface area contributed by atoms with Crippen molar-refractivity contribution >= 4 is 5.96 Å². The predicted molar refractivity (Wildman–Crippen MR) is 126 cm³/mol. The molecule has 0 aromatic heterocycles. The third-order valence-corrected chi connectivity index (χ3v) is 5.01. The third kappa shape index (κ3) is 10.8. The molecule has 8 heteroatoms. The van der Waals surface area contributed by atoms with Crippen molar-refractivity contribution in [2.45, 2.75) is 32.4 Å². The molecule has 0 saturated carbocycles. The molecule has 1 aliphatic rings. The Morgan fingerprint density at radius 1 is 1.23 bits per heavy atom. The molecule has 176 valence electrons. The number of aliphatic hydroxyl groups is 1. The van der Waals surface area contributed by atoms with Crippen LogP contribution in [0.3, 0.4) is 0 Å². The zero-order valence-corrected chi connectivity index (χ0v) is 19.7. The Bertz CT molecular complexity index is 643. The Hall–Kier alpha value is -1.87. The molecule has 0 aliphatic carbocycles. The topological polar surface area (TPSA) is 81.6 Å². The van der Waals surface area contributed by atoms with Gasteiger partial charge in [0.05, 0.1) is 32.0 Å². The number of nitrogens with zero attached hydrogens (tertiary/aromatic N) is 3. The number of hydrogen-bond acceptors (Lipinski definition) is 6. The van der Waals surface area contributed by atoms with Crippen LogP contribution in [0.2, 0.25) is 0 Å². The molecule has 1 unspecified atom stereocenters. The molecule has 1 saturated heterocycles. The largest absolute Gasteiger partial charge is 0.494 e. The maximum Gasteiger partial charge on any atom is 0.191 e. The van der Waals surface area contributed by atoms with Crippen molar-refractivity contribution in [3.05, 3.63) is 29.8 Å². The quantitative estimate of drug-likeness (QED) is 0.258. The number of aliphatic imine (C=N–C) groups is 1. The van der Waals surface area contributed by atoms with Gasteiger partial charge < -0.3 is 30.1 Å². The van der Waals surface area contributed by atoms with E-state index in [1.165, 1.54) is 0 Å². The maximum atomic E-state index is 10.8. The molecular formula is C23H41N5O3. The third-order valence-electron chi connectivity index (χ3n) is 5.01. The number of morpholine rings is 1. The fourth-order valence-corrected chi connectivity index (χ4v) is 3.35. The maximum absolute atomic E-state index is 10.8. The van der Waals surface area contributed by atoms with E-state index in [9.17, 15) is 5.11 Å². The molecule has 3 N–H and O–H groups in total. The second-order valence-corrected chi connectivity index (χ2v) is 8.58. The fraction of sp³-hybridized carbons (Fsp3) is 0.696. The van der Waals surface area contributed by atoms with Crippen molar-refractivity contribution < 1.29 is 14.6 Å². The summed E-state index contributed by atoms with van der Waals surface area (Å²) >= 11 is 0. The second kappa shape index (κ2) is 13.5. The molecule has 31 heavy (non-hydrogen) atoms. The number of β-amino-alcohol motifs (C(OH)–C–C–N with tert-alkyl or cyclic N) is 1. The van der Waals surface area contributed by atoms with Gasteiger partial charge in [0.1, 0.15) is 5.75 Å². The number of benzene rings is 1. The smallest absolute Gasteiger partial charge is 0.191 e. The van der Waals surface area contributed by atoms with Crippen LogP contribution in [0.1, 0.15) is 25.8 Å².